The van der Waals surface area contributed by atoms with Gasteiger partial charge in [0.15, 0.2) is 0 Å². The van der Waals surface area contributed by atoms with E-state index in [1.807, 2.05) is 13.8 Å². The zero-order valence-electron chi connectivity index (χ0n) is 10.3. The molecular weight excluding hydrogens is 238 g/mol. The fourth-order valence-corrected chi connectivity index (χ4v) is 2.37. The van der Waals surface area contributed by atoms with Crippen molar-refractivity contribution in [3.05, 3.63) is 17.0 Å². The van der Waals surface area contributed by atoms with Gasteiger partial charge in [0.2, 0.25) is 0 Å². The van der Waals surface area contributed by atoms with E-state index in [9.17, 15) is 0 Å². The van der Waals surface area contributed by atoms with Crippen LogP contribution < -0.4 is 4.90 Å². The first-order valence-corrected chi connectivity index (χ1v) is 6.43. The van der Waals surface area contributed by atoms with Crippen LogP contribution in [0.5, 0.6) is 0 Å². The summed E-state index contributed by atoms with van der Waals surface area (Å²) in [5, 5.41) is 0.536. The Labute approximate surface area is 107 Å². The Hall–Kier alpha value is -0.870. The van der Waals surface area contributed by atoms with Crippen molar-refractivity contribution < 1.29 is 4.74 Å². The molecule has 1 aromatic rings. The van der Waals surface area contributed by atoms with E-state index in [-0.39, 0.29) is 0 Å². The van der Waals surface area contributed by atoms with Crippen molar-refractivity contribution in [2.24, 2.45) is 0 Å². The molecule has 0 radical (unpaired) electrons. The lowest BCUT2D eigenvalue weighted by molar-refractivity contribution is 0.0525. The van der Waals surface area contributed by atoms with E-state index >= 15 is 0 Å². The number of hydrogen-bond acceptors (Lipinski definition) is 4. The molecule has 1 aromatic heterocycles. The third kappa shape index (κ3) is 2.87. The summed E-state index contributed by atoms with van der Waals surface area (Å²) >= 11 is 6.02. The summed E-state index contributed by atoms with van der Waals surface area (Å²) in [5.41, 5.74) is 0.950. The quantitative estimate of drug-likeness (QED) is 0.778. The Balaban J connectivity index is 2.13. The average Bonchev–Trinajstić information content (AvgIpc) is 2.33. The van der Waals surface area contributed by atoms with Crippen LogP contribution in [-0.2, 0) is 4.74 Å². The summed E-state index contributed by atoms with van der Waals surface area (Å²) in [6, 6.07) is 0. The molecule has 0 aromatic carbocycles. The Bertz CT molecular complexity index is 384. The number of aromatic nitrogens is 2. The standard InChI is InChI=1S/C12H18ClN3O/c1-3-17-10-5-4-6-16(7-10)12-9(2)11(13)14-8-15-12/h8,10H,3-7H2,1-2H3. The van der Waals surface area contributed by atoms with Crippen LogP contribution in [0.4, 0.5) is 5.82 Å². The highest BCUT2D eigenvalue weighted by molar-refractivity contribution is 6.30. The van der Waals surface area contributed by atoms with Gasteiger partial charge in [-0.3, -0.25) is 0 Å². The van der Waals surface area contributed by atoms with Gasteiger partial charge in [0, 0.05) is 25.3 Å². The minimum absolute atomic E-state index is 0.307. The molecule has 1 unspecified atom stereocenters. The highest BCUT2D eigenvalue weighted by atomic mass is 35.5. The van der Waals surface area contributed by atoms with Crippen molar-refractivity contribution in [2.45, 2.75) is 32.8 Å². The second kappa shape index (κ2) is 5.65. The first-order chi connectivity index (χ1) is 8.22. The average molecular weight is 256 g/mol. The van der Waals surface area contributed by atoms with Crippen molar-refractivity contribution >= 4 is 17.4 Å². The van der Waals surface area contributed by atoms with Gasteiger partial charge in [-0.25, -0.2) is 9.97 Å². The van der Waals surface area contributed by atoms with Crippen LogP contribution in [0.25, 0.3) is 0 Å². The van der Waals surface area contributed by atoms with Crippen LogP contribution in [0.1, 0.15) is 25.3 Å². The Morgan fingerprint density at radius 3 is 3.12 bits per heavy atom. The number of halogens is 1. The van der Waals surface area contributed by atoms with Crippen LogP contribution in [-0.4, -0.2) is 35.8 Å². The minimum atomic E-state index is 0.307. The first-order valence-electron chi connectivity index (χ1n) is 6.06. The van der Waals surface area contributed by atoms with Crippen molar-refractivity contribution in [3.8, 4) is 0 Å². The van der Waals surface area contributed by atoms with E-state index in [4.69, 9.17) is 16.3 Å². The van der Waals surface area contributed by atoms with Gasteiger partial charge in [0.05, 0.1) is 6.10 Å². The summed E-state index contributed by atoms with van der Waals surface area (Å²) in [7, 11) is 0. The topological polar surface area (TPSA) is 38.2 Å². The molecule has 1 atom stereocenters. The Morgan fingerprint density at radius 2 is 2.35 bits per heavy atom. The third-order valence-corrected chi connectivity index (χ3v) is 3.46. The summed E-state index contributed by atoms with van der Waals surface area (Å²) in [4.78, 5) is 10.6. The second-order valence-corrected chi connectivity index (χ2v) is 4.64. The molecular formula is C12H18ClN3O. The molecule has 0 saturated carbocycles. The summed E-state index contributed by atoms with van der Waals surface area (Å²) in [5.74, 6) is 0.939. The van der Waals surface area contributed by atoms with Crippen molar-refractivity contribution in [1.29, 1.82) is 0 Å². The lowest BCUT2D eigenvalue weighted by atomic mass is 10.1. The smallest absolute Gasteiger partial charge is 0.137 e. The van der Waals surface area contributed by atoms with Crippen LogP contribution in [0, 0.1) is 6.92 Å². The highest BCUT2D eigenvalue weighted by Gasteiger charge is 2.22. The van der Waals surface area contributed by atoms with Crippen LogP contribution in [0.3, 0.4) is 0 Å². The molecule has 5 heteroatoms. The summed E-state index contributed by atoms with van der Waals surface area (Å²) in [6.07, 6.45) is 4.09. The molecule has 2 heterocycles. The monoisotopic (exact) mass is 255 g/mol. The maximum atomic E-state index is 6.02. The SMILES string of the molecule is CCOC1CCCN(c2ncnc(Cl)c2C)C1. The molecule has 0 bridgehead atoms. The molecule has 0 amide bonds. The normalized spacial score (nSPS) is 20.6. The number of hydrogen-bond donors (Lipinski definition) is 0. The molecule has 94 valence electrons. The number of ether oxygens (including phenoxy) is 1. The van der Waals surface area contributed by atoms with Gasteiger partial charge in [-0.1, -0.05) is 11.6 Å². The molecule has 1 fully saturated rings. The highest BCUT2D eigenvalue weighted by Crippen LogP contribution is 2.25. The number of rotatable bonds is 3. The Kier molecular flexibility index (Phi) is 4.18. The summed E-state index contributed by atoms with van der Waals surface area (Å²) < 4.78 is 5.69. The zero-order valence-corrected chi connectivity index (χ0v) is 11.1. The van der Waals surface area contributed by atoms with Crippen LogP contribution >= 0.6 is 11.6 Å². The predicted molar refractivity (Wildman–Crippen MR) is 68.6 cm³/mol. The lowest BCUT2D eigenvalue weighted by Gasteiger charge is -2.34. The largest absolute Gasteiger partial charge is 0.377 e. The van der Waals surface area contributed by atoms with Gasteiger partial charge in [-0.05, 0) is 26.7 Å². The predicted octanol–water partition coefficient (Wildman–Crippen LogP) is 2.44. The molecule has 1 aliphatic heterocycles. The van der Waals surface area contributed by atoms with Gasteiger partial charge < -0.3 is 9.64 Å². The fraction of sp³-hybridized carbons (Fsp3) is 0.667. The van der Waals surface area contributed by atoms with E-state index < -0.39 is 0 Å². The number of nitrogens with zero attached hydrogens (tertiary/aromatic N) is 3. The number of anilines is 1. The molecule has 0 aliphatic carbocycles. The van der Waals surface area contributed by atoms with Gasteiger partial charge in [-0.15, -0.1) is 0 Å². The molecule has 0 N–H and O–H groups in total. The second-order valence-electron chi connectivity index (χ2n) is 4.28. The maximum absolute atomic E-state index is 6.02. The van der Waals surface area contributed by atoms with Gasteiger partial charge in [0.25, 0.3) is 0 Å². The zero-order chi connectivity index (χ0) is 12.3. The van der Waals surface area contributed by atoms with E-state index in [2.05, 4.69) is 14.9 Å². The third-order valence-electron chi connectivity index (χ3n) is 3.08. The fourth-order valence-electron chi connectivity index (χ4n) is 2.24. The molecule has 17 heavy (non-hydrogen) atoms. The molecule has 1 saturated heterocycles. The lowest BCUT2D eigenvalue weighted by Crippen LogP contribution is -2.40. The van der Waals surface area contributed by atoms with Crippen molar-refractivity contribution in [3.63, 3.8) is 0 Å². The van der Waals surface area contributed by atoms with Gasteiger partial charge in [0.1, 0.15) is 17.3 Å². The molecule has 4 nitrogen and oxygen atoms in total. The molecule has 1 aliphatic rings. The van der Waals surface area contributed by atoms with Gasteiger partial charge in [-0.2, -0.15) is 0 Å². The van der Waals surface area contributed by atoms with E-state index in [1.54, 1.807) is 0 Å². The Morgan fingerprint density at radius 1 is 1.53 bits per heavy atom. The maximum Gasteiger partial charge on any atom is 0.137 e. The number of piperidine rings is 1. The van der Waals surface area contributed by atoms with Crippen molar-refractivity contribution in [1.82, 2.24) is 9.97 Å². The van der Waals surface area contributed by atoms with Crippen LogP contribution in [0.15, 0.2) is 6.33 Å². The molecule has 0 spiro atoms. The van der Waals surface area contributed by atoms with E-state index in [1.165, 1.54) is 6.33 Å². The van der Waals surface area contributed by atoms with E-state index in [0.29, 0.717) is 11.3 Å². The summed E-state index contributed by atoms with van der Waals surface area (Å²) in [6.45, 7) is 6.66. The first kappa shape index (κ1) is 12.6. The van der Waals surface area contributed by atoms with Crippen LogP contribution in [0.2, 0.25) is 5.15 Å². The van der Waals surface area contributed by atoms with Gasteiger partial charge >= 0.3 is 0 Å². The minimum Gasteiger partial charge on any atom is -0.377 e. The van der Waals surface area contributed by atoms with Crippen molar-refractivity contribution in [2.75, 3.05) is 24.6 Å². The van der Waals surface area contributed by atoms with E-state index in [0.717, 1.165) is 43.9 Å². The molecule has 2 rings (SSSR count).